The number of rotatable bonds is 5. The van der Waals surface area contributed by atoms with Gasteiger partial charge < -0.3 is 9.80 Å². The van der Waals surface area contributed by atoms with Crippen molar-refractivity contribution in [1.29, 1.82) is 0 Å². The first-order valence-corrected chi connectivity index (χ1v) is 8.03. The molecule has 4 heteroatoms. The molecule has 2 atom stereocenters. The summed E-state index contributed by atoms with van der Waals surface area (Å²) in [5.74, 6) is 0.748. The van der Waals surface area contributed by atoms with E-state index in [-0.39, 0.29) is 11.9 Å². The molecule has 0 aromatic heterocycles. The number of nitrogens with one attached hydrogen (secondary N) is 1. The Morgan fingerprint density at radius 2 is 1.90 bits per heavy atom. The molecular weight excluding hydrogens is 262 g/mol. The van der Waals surface area contributed by atoms with E-state index in [4.69, 9.17) is 0 Å². The summed E-state index contributed by atoms with van der Waals surface area (Å²) >= 11 is 0. The van der Waals surface area contributed by atoms with E-state index in [0.29, 0.717) is 12.6 Å². The second-order valence-electron chi connectivity index (χ2n) is 6.38. The molecule has 0 saturated carbocycles. The standard InChI is InChI=1S/C17H25N3O/c1-14(11-19-9-5-6-10-19)12-20-13-18-16(17(20)21)15-7-3-2-4-8-15/h2-4,7-8,14,16,18H,5-6,9-13H2,1H3. The molecule has 2 unspecified atom stereocenters. The highest BCUT2D eigenvalue weighted by molar-refractivity contribution is 5.85. The maximum absolute atomic E-state index is 12.5. The fourth-order valence-corrected chi connectivity index (χ4v) is 3.45. The van der Waals surface area contributed by atoms with Crippen LogP contribution in [0.25, 0.3) is 0 Å². The van der Waals surface area contributed by atoms with Crippen LogP contribution in [0.4, 0.5) is 0 Å². The molecule has 1 amide bonds. The lowest BCUT2D eigenvalue weighted by Crippen LogP contribution is -2.36. The summed E-state index contributed by atoms with van der Waals surface area (Å²) in [7, 11) is 0. The van der Waals surface area contributed by atoms with Gasteiger partial charge in [-0.15, -0.1) is 0 Å². The SMILES string of the molecule is CC(CN1CCCC1)CN1CNC(c2ccccc2)C1=O. The predicted octanol–water partition coefficient (Wildman–Crippen LogP) is 1.85. The average Bonchev–Trinajstić information content (AvgIpc) is 3.11. The van der Waals surface area contributed by atoms with E-state index in [1.165, 1.54) is 25.9 Å². The molecule has 114 valence electrons. The summed E-state index contributed by atoms with van der Waals surface area (Å²) in [6.45, 7) is 7.34. The first kappa shape index (κ1) is 14.5. The van der Waals surface area contributed by atoms with Crippen molar-refractivity contribution in [2.24, 2.45) is 5.92 Å². The monoisotopic (exact) mass is 287 g/mol. The summed E-state index contributed by atoms with van der Waals surface area (Å²) in [6.07, 6.45) is 2.65. The summed E-state index contributed by atoms with van der Waals surface area (Å²) in [6, 6.07) is 9.84. The number of carbonyl (C=O) groups excluding carboxylic acids is 1. The summed E-state index contributed by atoms with van der Waals surface area (Å²) in [4.78, 5) is 17.0. The molecule has 2 aliphatic rings. The van der Waals surface area contributed by atoms with Gasteiger partial charge in [-0.05, 0) is 37.4 Å². The topological polar surface area (TPSA) is 35.6 Å². The van der Waals surface area contributed by atoms with Gasteiger partial charge >= 0.3 is 0 Å². The van der Waals surface area contributed by atoms with Gasteiger partial charge in [0, 0.05) is 13.1 Å². The van der Waals surface area contributed by atoms with E-state index in [0.717, 1.165) is 18.7 Å². The van der Waals surface area contributed by atoms with Crippen molar-refractivity contribution in [1.82, 2.24) is 15.1 Å². The van der Waals surface area contributed by atoms with Crippen molar-refractivity contribution in [3.05, 3.63) is 35.9 Å². The second kappa shape index (κ2) is 6.58. The molecule has 1 N–H and O–H groups in total. The van der Waals surface area contributed by atoms with E-state index >= 15 is 0 Å². The molecule has 0 bridgehead atoms. The molecule has 1 aromatic rings. The Bertz CT molecular complexity index is 470. The minimum absolute atomic E-state index is 0.162. The number of carbonyl (C=O) groups is 1. The first-order chi connectivity index (χ1) is 10.2. The van der Waals surface area contributed by atoms with Crippen LogP contribution in [0, 0.1) is 5.92 Å². The Morgan fingerprint density at radius 1 is 1.19 bits per heavy atom. The number of amides is 1. The Hall–Kier alpha value is -1.39. The van der Waals surface area contributed by atoms with E-state index in [2.05, 4.69) is 17.1 Å². The molecule has 3 rings (SSSR count). The van der Waals surface area contributed by atoms with Crippen molar-refractivity contribution in [2.45, 2.75) is 25.8 Å². The van der Waals surface area contributed by atoms with Crippen LogP contribution in [0.3, 0.4) is 0 Å². The van der Waals surface area contributed by atoms with Crippen molar-refractivity contribution >= 4 is 5.91 Å². The maximum Gasteiger partial charge on any atom is 0.245 e. The van der Waals surface area contributed by atoms with Gasteiger partial charge in [-0.2, -0.15) is 0 Å². The van der Waals surface area contributed by atoms with Crippen LogP contribution < -0.4 is 5.32 Å². The Balaban J connectivity index is 1.54. The van der Waals surface area contributed by atoms with E-state index in [9.17, 15) is 4.79 Å². The number of hydrogen-bond acceptors (Lipinski definition) is 3. The fourth-order valence-electron chi connectivity index (χ4n) is 3.45. The third kappa shape index (κ3) is 3.44. The zero-order valence-corrected chi connectivity index (χ0v) is 12.8. The minimum atomic E-state index is -0.162. The molecule has 1 aromatic carbocycles. The zero-order valence-electron chi connectivity index (χ0n) is 12.8. The molecule has 4 nitrogen and oxygen atoms in total. The average molecular weight is 287 g/mol. The van der Waals surface area contributed by atoms with Crippen molar-refractivity contribution in [3.63, 3.8) is 0 Å². The molecule has 0 radical (unpaired) electrons. The molecular formula is C17H25N3O. The number of benzene rings is 1. The lowest BCUT2D eigenvalue weighted by molar-refractivity contribution is -0.129. The lowest BCUT2D eigenvalue weighted by Gasteiger charge is -2.24. The van der Waals surface area contributed by atoms with Gasteiger partial charge in [0.1, 0.15) is 6.04 Å². The second-order valence-corrected chi connectivity index (χ2v) is 6.38. The summed E-state index contributed by atoms with van der Waals surface area (Å²) in [5.41, 5.74) is 1.07. The predicted molar refractivity (Wildman–Crippen MR) is 83.7 cm³/mol. The minimum Gasteiger partial charge on any atom is -0.328 e. The molecule has 2 aliphatic heterocycles. The Kier molecular flexibility index (Phi) is 4.56. The third-order valence-corrected chi connectivity index (χ3v) is 4.48. The van der Waals surface area contributed by atoms with Crippen LogP contribution in [0.2, 0.25) is 0 Å². The number of hydrogen-bond donors (Lipinski definition) is 1. The summed E-state index contributed by atoms with van der Waals surface area (Å²) < 4.78 is 0. The fraction of sp³-hybridized carbons (Fsp3) is 0.588. The van der Waals surface area contributed by atoms with Gasteiger partial charge in [0.05, 0.1) is 6.67 Å². The molecule has 2 heterocycles. The van der Waals surface area contributed by atoms with Crippen molar-refractivity contribution in [3.8, 4) is 0 Å². The Morgan fingerprint density at radius 3 is 2.62 bits per heavy atom. The van der Waals surface area contributed by atoms with Gasteiger partial charge in [0.15, 0.2) is 0 Å². The molecule has 21 heavy (non-hydrogen) atoms. The quantitative estimate of drug-likeness (QED) is 0.898. The van der Waals surface area contributed by atoms with Crippen LogP contribution in [0.1, 0.15) is 31.4 Å². The normalized spacial score (nSPS) is 24.7. The smallest absolute Gasteiger partial charge is 0.245 e. The highest BCUT2D eigenvalue weighted by Gasteiger charge is 2.32. The number of likely N-dealkylation sites (tertiary alicyclic amines) is 1. The third-order valence-electron chi connectivity index (χ3n) is 4.48. The van der Waals surface area contributed by atoms with Crippen LogP contribution >= 0.6 is 0 Å². The molecule has 2 saturated heterocycles. The van der Waals surface area contributed by atoms with Crippen LogP contribution in [-0.4, -0.2) is 48.6 Å². The maximum atomic E-state index is 12.5. The van der Waals surface area contributed by atoms with Crippen LogP contribution in [-0.2, 0) is 4.79 Å². The lowest BCUT2D eigenvalue weighted by atomic mass is 10.1. The highest BCUT2D eigenvalue weighted by atomic mass is 16.2. The summed E-state index contributed by atoms with van der Waals surface area (Å²) in [5, 5.41) is 3.33. The van der Waals surface area contributed by atoms with Gasteiger partial charge in [-0.25, -0.2) is 0 Å². The van der Waals surface area contributed by atoms with Crippen LogP contribution in [0.5, 0.6) is 0 Å². The molecule has 0 spiro atoms. The van der Waals surface area contributed by atoms with Gasteiger partial charge in [0.25, 0.3) is 0 Å². The largest absolute Gasteiger partial charge is 0.328 e. The molecule has 2 fully saturated rings. The highest BCUT2D eigenvalue weighted by Crippen LogP contribution is 2.21. The van der Waals surface area contributed by atoms with Gasteiger partial charge in [-0.1, -0.05) is 37.3 Å². The van der Waals surface area contributed by atoms with E-state index < -0.39 is 0 Å². The van der Waals surface area contributed by atoms with Crippen molar-refractivity contribution in [2.75, 3.05) is 32.8 Å². The molecule has 0 aliphatic carbocycles. The first-order valence-electron chi connectivity index (χ1n) is 8.03. The number of nitrogens with zero attached hydrogens (tertiary/aromatic N) is 2. The van der Waals surface area contributed by atoms with Gasteiger partial charge in [-0.3, -0.25) is 10.1 Å². The van der Waals surface area contributed by atoms with E-state index in [1.54, 1.807) is 0 Å². The van der Waals surface area contributed by atoms with Crippen molar-refractivity contribution < 1.29 is 4.79 Å². The van der Waals surface area contributed by atoms with Gasteiger partial charge in [0.2, 0.25) is 5.91 Å². The zero-order chi connectivity index (χ0) is 14.7. The van der Waals surface area contributed by atoms with Crippen LogP contribution in [0.15, 0.2) is 30.3 Å². The Labute approximate surface area is 127 Å². The van der Waals surface area contributed by atoms with E-state index in [1.807, 2.05) is 35.2 Å².